The van der Waals surface area contributed by atoms with Gasteiger partial charge in [-0.05, 0) is 31.1 Å². The molecule has 1 aliphatic carbocycles. The van der Waals surface area contributed by atoms with Crippen LogP contribution in [0.4, 0.5) is 0 Å². The van der Waals surface area contributed by atoms with E-state index >= 15 is 0 Å². The summed E-state index contributed by atoms with van der Waals surface area (Å²) in [5.41, 5.74) is 1.24. The molecule has 7 nitrogen and oxygen atoms in total. The molecule has 34 heavy (non-hydrogen) atoms. The molecule has 1 fully saturated rings. The number of aromatic amines is 1. The first-order chi connectivity index (χ1) is 16.5. The Morgan fingerprint density at radius 3 is 2.79 bits per heavy atom. The van der Waals surface area contributed by atoms with Crippen molar-refractivity contribution >= 4 is 28.4 Å². The Labute approximate surface area is 206 Å². The molecule has 2 heterocycles. The Kier molecular flexibility index (Phi) is 8.11. The summed E-state index contributed by atoms with van der Waals surface area (Å²) in [5, 5.41) is 15.2. The number of halogens is 1. The highest BCUT2D eigenvalue weighted by Crippen LogP contribution is 2.36. The van der Waals surface area contributed by atoms with Crippen LogP contribution in [0, 0.1) is 0 Å². The van der Waals surface area contributed by atoms with Crippen molar-refractivity contribution in [3.8, 4) is 0 Å². The number of nitrogens with one attached hydrogen (secondary N) is 2. The van der Waals surface area contributed by atoms with Gasteiger partial charge in [0.25, 0.3) is 5.91 Å². The molecular weight excluding hydrogens is 452 g/mol. The van der Waals surface area contributed by atoms with Crippen LogP contribution in [0.5, 0.6) is 0 Å². The van der Waals surface area contributed by atoms with E-state index in [1.165, 1.54) is 0 Å². The standard InChI is InChI=1S/C26H35ClN4O3/c1-3-26(11-6-8-21(27)24(26)34-2)31-15-13-30(14-16-31)18-20(32)10-12-28-25(33)23-17-19-7-4-5-9-22(19)29-23/h4-9,11,17,20,24,29,32H,3,10,12-16,18H2,1-2H3,(H,28,33). The number of allylic oxidation sites excluding steroid dienone is 2. The summed E-state index contributed by atoms with van der Waals surface area (Å²) in [6.45, 7) is 6.70. The maximum Gasteiger partial charge on any atom is 0.267 e. The SMILES string of the molecule is CCC1(N2CCN(CC(O)CCNC(=O)c3cc4ccccc4[nH]3)CC2)C=CC=C(Cl)C1OC. The number of nitrogens with zero attached hydrogens (tertiary/aromatic N) is 2. The van der Waals surface area contributed by atoms with E-state index < -0.39 is 6.10 Å². The topological polar surface area (TPSA) is 80.8 Å². The van der Waals surface area contributed by atoms with Gasteiger partial charge >= 0.3 is 0 Å². The summed E-state index contributed by atoms with van der Waals surface area (Å²) in [5.74, 6) is -0.150. The van der Waals surface area contributed by atoms with E-state index in [1.54, 1.807) is 7.11 Å². The number of fused-ring (bicyclic) bond motifs is 1. The molecule has 0 radical (unpaired) electrons. The van der Waals surface area contributed by atoms with E-state index in [0.29, 0.717) is 25.2 Å². The van der Waals surface area contributed by atoms with Crippen LogP contribution in [-0.2, 0) is 4.74 Å². The number of hydrogen-bond donors (Lipinski definition) is 3. The van der Waals surface area contributed by atoms with Gasteiger partial charge in [0.15, 0.2) is 0 Å². The number of amides is 1. The minimum absolute atomic E-state index is 0.150. The number of methoxy groups -OCH3 is 1. The molecule has 184 valence electrons. The lowest BCUT2D eigenvalue weighted by Gasteiger charge is -2.50. The Balaban J connectivity index is 1.22. The van der Waals surface area contributed by atoms with Gasteiger partial charge in [-0.2, -0.15) is 0 Å². The molecule has 0 saturated carbocycles. The maximum atomic E-state index is 12.4. The number of aromatic nitrogens is 1. The molecule has 1 aromatic heterocycles. The molecule has 2 aromatic rings. The highest BCUT2D eigenvalue weighted by Gasteiger charge is 2.44. The van der Waals surface area contributed by atoms with Crippen LogP contribution in [0.15, 0.2) is 53.6 Å². The number of carbonyl (C=O) groups excluding carboxylic acids is 1. The second-order valence-corrected chi connectivity index (χ2v) is 9.56. The molecule has 1 saturated heterocycles. The number of aliphatic hydroxyl groups excluding tert-OH is 1. The summed E-state index contributed by atoms with van der Waals surface area (Å²) in [4.78, 5) is 20.3. The van der Waals surface area contributed by atoms with Crippen LogP contribution >= 0.6 is 11.6 Å². The quantitative estimate of drug-likeness (QED) is 0.507. The summed E-state index contributed by atoms with van der Waals surface area (Å²) in [6, 6.07) is 9.65. The number of para-hydroxylation sites is 1. The van der Waals surface area contributed by atoms with Crippen molar-refractivity contribution in [3.05, 3.63) is 59.3 Å². The fraction of sp³-hybridized carbons (Fsp3) is 0.500. The highest BCUT2D eigenvalue weighted by molar-refractivity contribution is 6.30. The highest BCUT2D eigenvalue weighted by atomic mass is 35.5. The average molecular weight is 487 g/mol. The molecule has 2 aliphatic rings. The van der Waals surface area contributed by atoms with Gasteiger partial charge in [-0.3, -0.25) is 14.6 Å². The second-order valence-electron chi connectivity index (χ2n) is 9.13. The third kappa shape index (κ3) is 5.24. The first kappa shape index (κ1) is 24.9. The van der Waals surface area contributed by atoms with Gasteiger partial charge < -0.3 is 20.1 Å². The normalized spacial score (nSPS) is 24.8. The maximum absolute atomic E-state index is 12.4. The zero-order valence-corrected chi connectivity index (χ0v) is 20.7. The second kappa shape index (κ2) is 11.1. The predicted molar refractivity (Wildman–Crippen MR) is 136 cm³/mol. The average Bonchev–Trinajstić information content (AvgIpc) is 3.29. The van der Waals surface area contributed by atoms with Crippen LogP contribution in [-0.4, -0.2) is 89.9 Å². The van der Waals surface area contributed by atoms with Crippen LogP contribution in [0.2, 0.25) is 0 Å². The van der Waals surface area contributed by atoms with Crippen molar-refractivity contribution < 1.29 is 14.6 Å². The van der Waals surface area contributed by atoms with Gasteiger partial charge in [0, 0.05) is 62.3 Å². The molecule has 4 rings (SSSR count). The van der Waals surface area contributed by atoms with Crippen LogP contribution < -0.4 is 5.32 Å². The van der Waals surface area contributed by atoms with E-state index in [0.717, 1.165) is 48.5 Å². The third-order valence-corrected chi connectivity index (χ3v) is 7.44. The van der Waals surface area contributed by atoms with Crippen molar-refractivity contribution in [2.75, 3.05) is 46.4 Å². The molecule has 0 spiro atoms. The van der Waals surface area contributed by atoms with Gasteiger partial charge in [-0.15, -0.1) is 0 Å². The van der Waals surface area contributed by atoms with Crippen LogP contribution in [0.3, 0.4) is 0 Å². The number of rotatable bonds is 9. The van der Waals surface area contributed by atoms with Gasteiger partial charge in [-0.1, -0.05) is 48.9 Å². The smallest absolute Gasteiger partial charge is 0.267 e. The monoisotopic (exact) mass is 486 g/mol. The predicted octanol–water partition coefficient (Wildman–Crippen LogP) is 3.12. The molecule has 3 N–H and O–H groups in total. The molecule has 1 aliphatic heterocycles. The van der Waals surface area contributed by atoms with E-state index in [-0.39, 0.29) is 17.6 Å². The Hall–Kier alpha value is -2.16. The first-order valence-corrected chi connectivity index (χ1v) is 12.4. The number of carbonyl (C=O) groups is 1. The Morgan fingerprint density at radius 1 is 1.32 bits per heavy atom. The molecular formula is C26H35ClN4O3. The van der Waals surface area contributed by atoms with Gasteiger partial charge in [0.2, 0.25) is 0 Å². The van der Waals surface area contributed by atoms with Crippen molar-refractivity contribution in [2.45, 2.75) is 37.5 Å². The lowest BCUT2D eigenvalue weighted by Crippen LogP contribution is -2.62. The minimum Gasteiger partial charge on any atom is -0.392 e. The number of piperazine rings is 1. The fourth-order valence-corrected chi connectivity index (χ4v) is 5.57. The molecule has 1 aromatic carbocycles. The molecule has 0 bridgehead atoms. The number of aliphatic hydroxyl groups is 1. The number of ether oxygens (including phenoxy) is 1. The fourth-order valence-electron chi connectivity index (χ4n) is 5.21. The summed E-state index contributed by atoms with van der Waals surface area (Å²) in [6.07, 6.45) is 6.92. The lowest BCUT2D eigenvalue weighted by molar-refractivity contribution is -0.0350. The lowest BCUT2D eigenvalue weighted by atomic mass is 9.83. The van der Waals surface area contributed by atoms with E-state index in [4.69, 9.17) is 16.3 Å². The van der Waals surface area contributed by atoms with Gasteiger partial charge in [0.05, 0.1) is 11.6 Å². The first-order valence-electron chi connectivity index (χ1n) is 12.1. The molecule has 8 heteroatoms. The van der Waals surface area contributed by atoms with E-state index in [9.17, 15) is 9.90 Å². The molecule has 3 atom stereocenters. The van der Waals surface area contributed by atoms with Gasteiger partial charge in [-0.25, -0.2) is 0 Å². The Morgan fingerprint density at radius 2 is 2.09 bits per heavy atom. The number of H-pyrrole nitrogens is 1. The molecule has 3 unspecified atom stereocenters. The number of β-amino-alcohol motifs (C(OH)–C–C–N with tert-alkyl or cyclic N) is 1. The Bertz CT molecular complexity index is 1010. The van der Waals surface area contributed by atoms with Crippen molar-refractivity contribution in [3.63, 3.8) is 0 Å². The summed E-state index contributed by atoms with van der Waals surface area (Å²) < 4.78 is 5.78. The summed E-state index contributed by atoms with van der Waals surface area (Å²) >= 11 is 6.48. The zero-order valence-electron chi connectivity index (χ0n) is 20.0. The zero-order chi connectivity index (χ0) is 24.1. The summed E-state index contributed by atoms with van der Waals surface area (Å²) in [7, 11) is 1.72. The van der Waals surface area contributed by atoms with Gasteiger partial charge in [0.1, 0.15) is 11.8 Å². The number of benzene rings is 1. The van der Waals surface area contributed by atoms with Crippen molar-refractivity contribution in [1.29, 1.82) is 0 Å². The van der Waals surface area contributed by atoms with Crippen LogP contribution in [0.1, 0.15) is 30.3 Å². The van der Waals surface area contributed by atoms with Crippen molar-refractivity contribution in [1.82, 2.24) is 20.1 Å². The largest absolute Gasteiger partial charge is 0.392 e. The van der Waals surface area contributed by atoms with E-state index in [1.807, 2.05) is 42.5 Å². The third-order valence-electron chi connectivity index (χ3n) is 7.11. The number of hydrogen-bond acceptors (Lipinski definition) is 5. The van der Waals surface area contributed by atoms with Crippen LogP contribution in [0.25, 0.3) is 10.9 Å². The minimum atomic E-state index is -0.492. The molecule has 1 amide bonds. The van der Waals surface area contributed by atoms with Crippen molar-refractivity contribution in [2.24, 2.45) is 0 Å². The van der Waals surface area contributed by atoms with E-state index in [2.05, 4.69) is 33.1 Å².